The molecule has 0 bridgehead atoms. The van der Waals surface area contributed by atoms with Gasteiger partial charge in [0.15, 0.2) is 0 Å². The molecule has 0 fully saturated rings. The Morgan fingerprint density at radius 1 is 1.64 bits per heavy atom. The molecule has 1 aromatic heterocycles. The molecule has 0 spiro atoms. The Balaban J connectivity index is 2.81. The second kappa shape index (κ2) is 3.32. The number of hydrogen-bond acceptors (Lipinski definition) is 3. The molecule has 3 nitrogen and oxygen atoms in total. The van der Waals surface area contributed by atoms with Gasteiger partial charge in [0, 0.05) is 19.0 Å². The van der Waals surface area contributed by atoms with Crippen LogP contribution in [0.5, 0.6) is 0 Å². The molecule has 60 valence electrons. The number of rotatable bonds is 2. The van der Waals surface area contributed by atoms with E-state index in [9.17, 15) is 0 Å². The van der Waals surface area contributed by atoms with Gasteiger partial charge in [-0.1, -0.05) is 19.0 Å². The van der Waals surface area contributed by atoms with Crippen molar-refractivity contribution in [1.29, 1.82) is 0 Å². The van der Waals surface area contributed by atoms with E-state index in [2.05, 4.69) is 24.0 Å². The first-order valence-corrected chi connectivity index (χ1v) is 3.63. The summed E-state index contributed by atoms with van der Waals surface area (Å²) in [5.74, 6) is 1.29. The summed E-state index contributed by atoms with van der Waals surface area (Å²) in [6, 6.07) is 1.90. The molecule has 1 aromatic rings. The summed E-state index contributed by atoms with van der Waals surface area (Å²) >= 11 is 0. The Morgan fingerprint density at radius 3 is 2.82 bits per heavy atom. The van der Waals surface area contributed by atoms with Crippen LogP contribution in [0.2, 0.25) is 0 Å². The van der Waals surface area contributed by atoms with Gasteiger partial charge in [-0.15, -0.1) is 0 Å². The molecule has 0 aliphatic rings. The van der Waals surface area contributed by atoms with Gasteiger partial charge in [0.05, 0.1) is 6.21 Å². The molecule has 0 radical (unpaired) electrons. The van der Waals surface area contributed by atoms with Gasteiger partial charge in [0.1, 0.15) is 11.5 Å². The summed E-state index contributed by atoms with van der Waals surface area (Å²) in [5.41, 5.74) is 0.788. The third-order valence-corrected chi connectivity index (χ3v) is 1.38. The first kappa shape index (κ1) is 7.98. The van der Waals surface area contributed by atoms with Crippen molar-refractivity contribution in [1.82, 2.24) is 5.16 Å². The van der Waals surface area contributed by atoms with E-state index >= 15 is 0 Å². The molecule has 0 atom stereocenters. The normalized spacial score (nSPS) is 11.6. The lowest BCUT2D eigenvalue weighted by Gasteiger charge is -1.92. The number of aliphatic imine (C=N–C) groups is 1. The molecule has 0 aliphatic carbocycles. The highest BCUT2D eigenvalue weighted by Crippen LogP contribution is 2.13. The van der Waals surface area contributed by atoms with Crippen LogP contribution in [-0.2, 0) is 0 Å². The van der Waals surface area contributed by atoms with Crippen molar-refractivity contribution in [3.05, 3.63) is 17.5 Å². The van der Waals surface area contributed by atoms with Crippen LogP contribution in [0.1, 0.15) is 31.2 Å². The van der Waals surface area contributed by atoms with Gasteiger partial charge in [0.2, 0.25) is 0 Å². The van der Waals surface area contributed by atoms with Gasteiger partial charge < -0.3 is 4.52 Å². The van der Waals surface area contributed by atoms with E-state index in [0.29, 0.717) is 5.92 Å². The van der Waals surface area contributed by atoms with E-state index in [1.54, 1.807) is 13.3 Å². The summed E-state index contributed by atoms with van der Waals surface area (Å²) < 4.78 is 5.04. The van der Waals surface area contributed by atoms with Crippen molar-refractivity contribution in [2.24, 2.45) is 4.99 Å². The molecule has 1 heterocycles. The van der Waals surface area contributed by atoms with Gasteiger partial charge in [-0.25, -0.2) is 0 Å². The fourth-order valence-corrected chi connectivity index (χ4v) is 0.769. The van der Waals surface area contributed by atoms with E-state index in [-0.39, 0.29) is 0 Å². The van der Waals surface area contributed by atoms with E-state index in [0.717, 1.165) is 11.5 Å². The Hall–Kier alpha value is -1.12. The van der Waals surface area contributed by atoms with E-state index < -0.39 is 0 Å². The summed E-state index contributed by atoms with van der Waals surface area (Å²) in [6.07, 6.45) is 1.68. The smallest absolute Gasteiger partial charge is 0.139 e. The number of hydrogen-bond donors (Lipinski definition) is 0. The lowest BCUT2D eigenvalue weighted by Crippen LogP contribution is -1.81. The van der Waals surface area contributed by atoms with Crippen LogP contribution in [0.25, 0.3) is 0 Å². The predicted octanol–water partition coefficient (Wildman–Crippen LogP) is 1.85. The highest BCUT2D eigenvalue weighted by Gasteiger charge is 2.04. The Bertz CT molecular complexity index is 250. The number of aromatic nitrogens is 1. The molecular weight excluding hydrogens is 140 g/mol. The van der Waals surface area contributed by atoms with Gasteiger partial charge in [0.25, 0.3) is 0 Å². The second-order valence-electron chi connectivity index (χ2n) is 2.70. The van der Waals surface area contributed by atoms with Crippen molar-refractivity contribution in [3.63, 3.8) is 0 Å². The average molecular weight is 152 g/mol. The highest BCUT2D eigenvalue weighted by atomic mass is 16.5. The molecule has 0 saturated heterocycles. The average Bonchev–Trinajstić information content (AvgIpc) is 2.37. The maximum absolute atomic E-state index is 5.04. The Kier molecular flexibility index (Phi) is 2.41. The van der Waals surface area contributed by atoms with Crippen LogP contribution in [0.4, 0.5) is 0 Å². The van der Waals surface area contributed by atoms with Crippen molar-refractivity contribution < 1.29 is 4.52 Å². The topological polar surface area (TPSA) is 38.4 Å². The third-order valence-electron chi connectivity index (χ3n) is 1.38. The highest BCUT2D eigenvalue weighted by molar-refractivity contribution is 5.76. The molecule has 3 heteroatoms. The zero-order valence-electron chi connectivity index (χ0n) is 7.03. The Morgan fingerprint density at radius 2 is 2.36 bits per heavy atom. The molecule has 0 aliphatic heterocycles. The van der Waals surface area contributed by atoms with Crippen molar-refractivity contribution in [3.8, 4) is 0 Å². The maximum atomic E-state index is 5.04. The minimum Gasteiger partial charge on any atom is -0.360 e. The standard InChI is InChI=1S/C8H12N2O/c1-6(2)8-4-7(5-9-3)10-11-8/h4-6H,1-3H3/b9-5+. The zero-order valence-corrected chi connectivity index (χ0v) is 7.03. The first-order valence-electron chi connectivity index (χ1n) is 3.63. The second-order valence-corrected chi connectivity index (χ2v) is 2.70. The molecule has 0 aromatic carbocycles. The lowest BCUT2D eigenvalue weighted by atomic mass is 10.1. The lowest BCUT2D eigenvalue weighted by molar-refractivity contribution is 0.370. The minimum atomic E-state index is 0.390. The number of nitrogens with zero attached hydrogens (tertiary/aromatic N) is 2. The predicted molar refractivity (Wildman–Crippen MR) is 44.1 cm³/mol. The summed E-state index contributed by atoms with van der Waals surface area (Å²) in [5, 5.41) is 3.80. The van der Waals surface area contributed by atoms with E-state index in [1.165, 1.54) is 0 Å². The molecule has 11 heavy (non-hydrogen) atoms. The maximum Gasteiger partial charge on any atom is 0.139 e. The van der Waals surface area contributed by atoms with Crippen LogP contribution in [-0.4, -0.2) is 18.4 Å². The summed E-state index contributed by atoms with van der Waals surface area (Å²) in [4.78, 5) is 3.83. The summed E-state index contributed by atoms with van der Waals surface area (Å²) in [7, 11) is 1.71. The van der Waals surface area contributed by atoms with Crippen molar-refractivity contribution >= 4 is 6.21 Å². The van der Waals surface area contributed by atoms with Crippen LogP contribution in [0, 0.1) is 0 Å². The van der Waals surface area contributed by atoms with Crippen LogP contribution < -0.4 is 0 Å². The van der Waals surface area contributed by atoms with Gasteiger partial charge in [-0.2, -0.15) is 0 Å². The quantitative estimate of drug-likeness (QED) is 0.606. The SMILES string of the molecule is C/N=C/c1cc(C(C)C)on1. The zero-order chi connectivity index (χ0) is 8.27. The largest absolute Gasteiger partial charge is 0.360 e. The van der Waals surface area contributed by atoms with Gasteiger partial charge >= 0.3 is 0 Å². The third kappa shape index (κ3) is 1.90. The van der Waals surface area contributed by atoms with Crippen molar-refractivity contribution in [2.75, 3.05) is 7.05 Å². The van der Waals surface area contributed by atoms with Crippen LogP contribution in [0.15, 0.2) is 15.6 Å². The fourth-order valence-electron chi connectivity index (χ4n) is 0.769. The first-order chi connectivity index (χ1) is 5.24. The fraction of sp³-hybridized carbons (Fsp3) is 0.500. The van der Waals surface area contributed by atoms with Crippen LogP contribution >= 0.6 is 0 Å². The molecule has 0 amide bonds. The van der Waals surface area contributed by atoms with Crippen LogP contribution in [0.3, 0.4) is 0 Å². The monoisotopic (exact) mass is 152 g/mol. The molecular formula is C8H12N2O. The Labute approximate surface area is 66.1 Å². The van der Waals surface area contributed by atoms with Crippen molar-refractivity contribution in [2.45, 2.75) is 19.8 Å². The molecule has 1 rings (SSSR count). The minimum absolute atomic E-state index is 0.390. The van der Waals surface area contributed by atoms with E-state index in [1.807, 2.05) is 6.07 Å². The molecule has 0 saturated carbocycles. The van der Waals surface area contributed by atoms with Gasteiger partial charge in [-0.3, -0.25) is 4.99 Å². The molecule has 0 unspecified atom stereocenters. The molecule has 0 N–H and O–H groups in total. The summed E-state index contributed by atoms with van der Waals surface area (Å²) in [6.45, 7) is 4.13. The van der Waals surface area contributed by atoms with Gasteiger partial charge in [-0.05, 0) is 0 Å². The van der Waals surface area contributed by atoms with E-state index in [4.69, 9.17) is 4.52 Å².